The fraction of sp³-hybridized carbons (Fsp3) is 0.250. The number of hydrogen-bond acceptors (Lipinski definition) is 5. The maximum absolute atomic E-state index is 12.7. The minimum Gasteiger partial charge on any atom is -0.497 e. The summed E-state index contributed by atoms with van der Waals surface area (Å²) < 4.78 is 11.7. The normalized spacial score (nSPS) is 16.2. The Morgan fingerprint density at radius 1 is 1.29 bits per heavy atom. The van der Waals surface area contributed by atoms with Crippen LogP contribution in [-0.2, 0) is 0 Å². The van der Waals surface area contributed by atoms with Gasteiger partial charge in [-0.05, 0) is 49.2 Å². The lowest BCUT2D eigenvalue weighted by Gasteiger charge is -2.22. The number of likely N-dealkylation sites (tertiary alicyclic amines) is 1. The molecule has 144 valence electrons. The van der Waals surface area contributed by atoms with Gasteiger partial charge in [0.2, 0.25) is 11.7 Å². The van der Waals surface area contributed by atoms with E-state index in [2.05, 4.69) is 31.4 Å². The van der Waals surface area contributed by atoms with Gasteiger partial charge in [-0.25, -0.2) is 4.79 Å². The number of anilines is 1. The number of rotatable bonds is 4. The third kappa shape index (κ3) is 3.87. The summed E-state index contributed by atoms with van der Waals surface area (Å²) in [5.41, 5.74) is 1.54. The molecule has 0 bridgehead atoms. The highest BCUT2D eigenvalue weighted by Crippen LogP contribution is 2.33. The number of carbonyl (C=O) groups excluding carboxylic acids is 1. The average Bonchev–Trinajstić information content (AvgIpc) is 3.39. The highest BCUT2D eigenvalue weighted by molar-refractivity contribution is 9.10. The second-order valence-electron chi connectivity index (χ2n) is 6.48. The lowest BCUT2D eigenvalue weighted by Crippen LogP contribution is -2.34. The van der Waals surface area contributed by atoms with Gasteiger partial charge < -0.3 is 19.5 Å². The number of benzene rings is 2. The summed E-state index contributed by atoms with van der Waals surface area (Å²) >= 11 is 3.39. The van der Waals surface area contributed by atoms with Gasteiger partial charge in [0.15, 0.2) is 0 Å². The molecular weight excluding hydrogens is 424 g/mol. The summed E-state index contributed by atoms with van der Waals surface area (Å²) in [5.74, 6) is 1.65. The van der Waals surface area contributed by atoms with Crippen LogP contribution in [0.1, 0.15) is 24.8 Å². The molecular formula is C20H19BrN4O3. The number of nitrogens with zero attached hydrogens (tertiary/aromatic N) is 3. The van der Waals surface area contributed by atoms with Crippen molar-refractivity contribution in [3.8, 4) is 17.1 Å². The van der Waals surface area contributed by atoms with E-state index in [0.717, 1.165) is 34.3 Å². The maximum Gasteiger partial charge on any atom is 0.322 e. The van der Waals surface area contributed by atoms with Crippen LogP contribution in [0, 0.1) is 0 Å². The number of hydrogen-bond donors (Lipinski definition) is 1. The molecule has 3 aromatic rings. The number of methoxy groups -OCH3 is 1. The molecule has 7 nitrogen and oxygen atoms in total. The van der Waals surface area contributed by atoms with Crippen LogP contribution in [-0.4, -0.2) is 34.7 Å². The first-order valence-electron chi connectivity index (χ1n) is 8.95. The summed E-state index contributed by atoms with van der Waals surface area (Å²) in [6, 6.07) is 14.5. The standard InChI is InChI=1S/C20H19BrN4O3/c1-27-16-5-2-4-13(12-16)18-23-19(28-24-18)17-6-3-11-25(17)20(26)22-15-9-7-14(21)8-10-15/h2,4-5,7-10,12,17H,3,6,11H2,1H3,(H,22,26)/t17-/m1/s1. The fourth-order valence-electron chi connectivity index (χ4n) is 3.24. The molecule has 8 heteroatoms. The molecule has 2 heterocycles. The van der Waals surface area contributed by atoms with E-state index in [4.69, 9.17) is 9.26 Å². The average molecular weight is 443 g/mol. The van der Waals surface area contributed by atoms with Crippen molar-refractivity contribution < 1.29 is 14.1 Å². The van der Waals surface area contributed by atoms with E-state index in [1.54, 1.807) is 12.0 Å². The van der Waals surface area contributed by atoms with Crippen LogP contribution < -0.4 is 10.1 Å². The first-order valence-corrected chi connectivity index (χ1v) is 9.74. The van der Waals surface area contributed by atoms with Crippen molar-refractivity contribution in [2.24, 2.45) is 0 Å². The van der Waals surface area contributed by atoms with Crippen LogP contribution in [0.4, 0.5) is 10.5 Å². The number of carbonyl (C=O) groups is 1. The van der Waals surface area contributed by atoms with Crippen LogP contribution in [0.15, 0.2) is 57.5 Å². The molecule has 1 N–H and O–H groups in total. The van der Waals surface area contributed by atoms with E-state index >= 15 is 0 Å². The van der Waals surface area contributed by atoms with Gasteiger partial charge in [-0.1, -0.05) is 33.2 Å². The van der Waals surface area contributed by atoms with Crippen molar-refractivity contribution in [1.82, 2.24) is 15.0 Å². The molecule has 28 heavy (non-hydrogen) atoms. The van der Waals surface area contributed by atoms with E-state index in [-0.39, 0.29) is 12.1 Å². The summed E-state index contributed by atoms with van der Waals surface area (Å²) in [4.78, 5) is 19.0. The van der Waals surface area contributed by atoms with Gasteiger partial charge >= 0.3 is 6.03 Å². The first kappa shape index (κ1) is 18.5. The number of halogens is 1. The predicted molar refractivity (Wildman–Crippen MR) is 108 cm³/mol. The van der Waals surface area contributed by atoms with Gasteiger partial charge in [0.1, 0.15) is 11.8 Å². The smallest absolute Gasteiger partial charge is 0.322 e. The van der Waals surface area contributed by atoms with Crippen molar-refractivity contribution in [3.05, 3.63) is 58.9 Å². The zero-order valence-electron chi connectivity index (χ0n) is 15.3. The molecule has 0 radical (unpaired) electrons. The van der Waals surface area contributed by atoms with Crippen molar-refractivity contribution in [2.75, 3.05) is 19.0 Å². The van der Waals surface area contributed by atoms with Gasteiger partial charge in [-0.3, -0.25) is 0 Å². The molecule has 0 unspecified atom stereocenters. The van der Waals surface area contributed by atoms with E-state index < -0.39 is 0 Å². The molecule has 0 aliphatic carbocycles. The second-order valence-corrected chi connectivity index (χ2v) is 7.39. The van der Waals surface area contributed by atoms with Crippen LogP contribution >= 0.6 is 15.9 Å². The molecule has 2 amide bonds. The zero-order valence-corrected chi connectivity index (χ0v) is 16.8. The lowest BCUT2D eigenvalue weighted by atomic mass is 10.2. The van der Waals surface area contributed by atoms with E-state index in [1.807, 2.05) is 48.5 Å². The Kier molecular flexibility index (Phi) is 5.29. The molecule has 4 rings (SSSR count). The van der Waals surface area contributed by atoms with Crippen LogP contribution in [0.25, 0.3) is 11.4 Å². The zero-order chi connectivity index (χ0) is 19.5. The Bertz CT molecular complexity index is 974. The Morgan fingerprint density at radius 2 is 2.11 bits per heavy atom. The SMILES string of the molecule is COc1cccc(-c2noc([C@H]3CCCN3C(=O)Nc3ccc(Br)cc3)n2)c1. The Labute approximate surface area is 170 Å². The number of urea groups is 1. The molecule has 0 spiro atoms. The van der Waals surface area contributed by atoms with Crippen molar-refractivity contribution in [2.45, 2.75) is 18.9 Å². The van der Waals surface area contributed by atoms with E-state index in [9.17, 15) is 4.79 Å². The fourth-order valence-corrected chi connectivity index (χ4v) is 3.51. The van der Waals surface area contributed by atoms with Crippen LogP contribution in [0.5, 0.6) is 5.75 Å². The monoisotopic (exact) mass is 442 g/mol. The van der Waals surface area contributed by atoms with Gasteiger partial charge in [0.05, 0.1) is 7.11 Å². The third-order valence-electron chi connectivity index (χ3n) is 4.66. The van der Waals surface area contributed by atoms with Gasteiger partial charge in [0, 0.05) is 22.3 Å². The lowest BCUT2D eigenvalue weighted by molar-refractivity contribution is 0.193. The molecule has 0 saturated carbocycles. The summed E-state index contributed by atoms with van der Waals surface area (Å²) in [6.07, 6.45) is 1.67. The molecule has 1 atom stereocenters. The summed E-state index contributed by atoms with van der Waals surface area (Å²) in [5, 5.41) is 7.01. The third-order valence-corrected chi connectivity index (χ3v) is 5.19. The predicted octanol–water partition coefficient (Wildman–Crippen LogP) is 4.88. The molecule has 1 aliphatic rings. The quantitative estimate of drug-likeness (QED) is 0.622. The Hall–Kier alpha value is -2.87. The highest BCUT2D eigenvalue weighted by Gasteiger charge is 2.34. The Balaban J connectivity index is 1.51. The Morgan fingerprint density at radius 3 is 2.89 bits per heavy atom. The summed E-state index contributed by atoms with van der Waals surface area (Å²) in [7, 11) is 1.61. The van der Waals surface area contributed by atoms with Crippen LogP contribution in [0.2, 0.25) is 0 Å². The van der Waals surface area contributed by atoms with Crippen LogP contribution in [0.3, 0.4) is 0 Å². The largest absolute Gasteiger partial charge is 0.497 e. The molecule has 2 aromatic carbocycles. The van der Waals surface area contributed by atoms with Crippen molar-refractivity contribution in [3.63, 3.8) is 0 Å². The van der Waals surface area contributed by atoms with Gasteiger partial charge in [0.25, 0.3) is 0 Å². The summed E-state index contributed by atoms with van der Waals surface area (Å²) in [6.45, 7) is 0.643. The molecule has 1 fully saturated rings. The number of ether oxygens (including phenoxy) is 1. The minimum absolute atomic E-state index is 0.175. The highest BCUT2D eigenvalue weighted by atomic mass is 79.9. The topological polar surface area (TPSA) is 80.5 Å². The first-order chi connectivity index (χ1) is 13.6. The van der Waals surface area contributed by atoms with E-state index in [1.165, 1.54) is 0 Å². The van der Waals surface area contributed by atoms with Gasteiger partial charge in [-0.2, -0.15) is 4.98 Å². The molecule has 1 aromatic heterocycles. The second kappa shape index (κ2) is 8.02. The molecule has 1 saturated heterocycles. The van der Waals surface area contributed by atoms with Crippen molar-refractivity contribution in [1.29, 1.82) is 0 Å². The van der Waals surface area contributed by atoms with Crippen molar-refractivity contribution >= 4 is 27.6 Å². The van der Waals surface area contributed by atoms with E-state index in [0.29, 0.717) is 18.3 Å². The minimum atomic E-state index is -0.234. The molecule has 1 aliphatic heterocycles. The number of amides is 2. The number of nitrogens with one attached hydrogen (secondary N) is 1. The number of aromatic nitrogens is 2. The maximum atomic E-state index is 12.7. The van der Waals surface area contributed by atoms with Gasteiger partial charge in [-0.15, -0.1) is 0 Å².